The van der Waals surface area contributed by atoms with Gasteiger partial charge in [-0.05, 0) is 58.5 Å². The van der Waals surface area contributed by atoms with E-state index in [0.29, 0.717) is 28.5 Å². The van der Waals surface area contributed by atoms with Crippen LogP contribution in [0.4, 0.5) is 0 Å². The van der Waals surface area contributed by atoms with Gasteiger partial charge in [0.1, 0.15) is 5.75 Å². The lowest BCUT2D eigenvalue weighted by molar-refractivity contribution is 0.0696. The van der Waals surface area contributed by atoms with Crippen LogP contribution >= 0.6 is 0 Å². The Bertz CT molecular complexity index is 1530. The Morgan fingerprint density at radius 1 is 0.800 bits per heavy atom. The van der Waals surface area contributed by atoms with E-state index in [2.05, 4.69) is 5.32 Å². The average Bonchev–Trinajstić information content (AvgIpc) is 2.84. The summed E-state index contributed by atoms with van der Waals surface area (Å²) in [6.07, 6.45) is 0.387. The lowest BCUT2D eigenvalue weighted by Gasteiger charge is -2.11. The number of phenols is 1. The molecule has 4 aromatic carbocycles. The van der Waals surface area contributed by atoms with Crippen molar-refractivity contribution < 1.29 is 32.8 Å². The molecule has 0 fully saturated rings. The molecule has 0 radical (unpaired) electrons. The van der Waals surface area contributed by atoms with Crippen LogP contribution in [-0.2, 0) is 23.1 Å². The molecule has 8 nitrogen and oxygen atoms in total. The average molecular weight is 492 g/mol. The fourth-order valence-corrected chi connectivity index (χ4v) is 4.16. The van der Waals surface area contributed by atoms with Gasteiger partial charge in [0.2, 0.25) is 0 Å². The zero-order chi connectivity index (χ0) is 25.2. The first-order valence-corrected chi connectivity index (χ1v) is 12.0. The normalized spacial score (nSPS) is 11.3. The first-order chi connectivity index (χ1) is 16.6. The smallest absolute Gasteiger partial charge is 0.335 e. The molecule has 178 valence electrons. The fourth-order valence-electron chi connectivity index (χ4n) is 3.68. The van der Waals surface area contributed by atoms with Crippen LogP contribution < -0.4 is 5.32 Å². The summed E-state index contributed by atoms with van der Waals surface area (Å²) in [5, 5.41) is 23.9. The molecule has 0 saturated heterocycles. The number of rotatable bonds is 7. The van der Waals surface area contributed by atoms with E-state index in [9.17, 15) is 23.1 Å². The van der Waals surface area contributed by atoms with Crippen molar-refractivity contribution in [3.8, 4) is 5.75 Å². The number of benzene rings is 4. The Labute approximate surface area is 201 Å². The van der Waals surface area contributed by atoms with E-state index in [0.717, 1.165) is 10.9 Å². The molecule has 0 heterocycles. The van der Waals surface area contributed by atoms with E-state index in [1.807, 2.05) is 6.07 Å². The van der Waals surface area contributed by atoms with Crippen LogP contribution in [0.2, 0.25) is 0 Å². The van der Waals surface area contributed by atoms with Crippen molar-refractivity contribution in [1.82, 2.24) is 5.32 Å². The molecule has 0 aliphatic carbocycles. The van der Waals surface area contributed by atoms with Crippen molar-refractivity contribution in [2.75, 3.05) is 0 Å². The number of carbonyl (C=O) groups excluding carboxylic acids is 1. The number of hydrogen-bond acceptors (Lipinski definition) is 5. The number of carbonyl (C=O) groups is 2. The second kappa shape index (κ2) is 9.57. The van der Waals surface area contributed by atoms with Crippen LogP contribution in [0.3, 0.4) is 0 Å². The van der Waals surface area contributed by atoms with Crippen LogP contribution in [-0.4, -0.2) is 35.1 Å². The number of carboxylic acid groups (broad SMARTS) is 1. The van der Waals surface area contributed by atoms with Crippen molar-refractivity contribution in [2.45, 2.75) is 17.9 Å². The standard InChI is InChI=1S/C26H21NO7S/c28-24-20(13-16-1-5-19(6-2-16)26(30)31)9-7-18-8-10-21(14-23(18)24)25(29)27-15-17-3-11-22(12-4-17)35(32,33)34/h1-12,14,28H,13,15H2,(H,27,29)(H,30,31)(H,32,33,34). The predicted molar refractivity (Wildman–Crippen MR) is 129 cm³/mol. The van der Waals surface area contributed by atoms with E-state index >= 15 is 0 Å². The van der Waals surface area contributed by atoms with Gasteiger partial charge in [0.05, 0.1) is 10.5 Å². The van der Waals surface area contributed by atoms with E-state index in [1.165, 1.54) is 36.4 Å². The van der Waals surface area contributed by atoms with E-state index in [1.54, 1.807) is 36.4 Å². The van der Waals surface area contributed by atoms with Crippen LogP contribution in [0, 0.1) is 0 Å². The molecule has 0 atom stereocenters. The minimum Gasteiger partial charge on any atom is -0.507 e. The SMILES string of the molecule is O=C(O)c1ccc(Cc2ccc3ccc(C(=O)NCc4ccc(S(=O)(=O)O)cc4)cc3c2O)cc1. The summed E-state index contributed by atoms with van der Waals surface area (Å²) in [5.74, 6) is -1.34. The van der Waals surface area contributed by atoms with Crippen LogP contribution in [0.25, 0.3) is 10.8 Å². The van der Waals surface area contributed by atoms with E-state index in [4.69, 9.17) is 9.66 Å². The molecule has 0 aliphatic heterocycles. The topological polar surface area (TPSA) is 141 Å². The number of fused-ring (bicyclic) bond motifs is 1. The number of phenolic OH excluding ortho intramolecular Hbond substituents is 1. The molecule has 1 amide bonds. The van der Waals surface area contributed by atoms with Crippen molar-refractivity contribution in [1.29, 1.82) is 0 Å². The third kappa shape index (κ3) is 5.48. The van der Waals surface area contributed by atoms with Gasteiger partial charge in [-0.1, -0.05) is 42.5 Å². The number of amides is 1. The maximum atomic E-state index is 12.7. The van der Waals surface area contributed by atoms with Crippen molar-refractivity contribution in [2.24, 2.45) is 0 Å². The minimum absolute atomic E-state index is 0.0419. The highest BCUT2D eigenvalue weighted by molar-refractivity contribution is 7.85. The molecule has 35 heavy (non-hydrogen) atoms. The van der Waals surface area contributed by atoms with Gasteiger partial charge in [-0.2, -0.15) is 8.42 Å². The summed E-state index contributed by atoms with van der Waals surface area (Å²) in [6, 6.07) is 20.5. The summed E-state index contributed by atoms with van der Waals surface area (Å²) < 4.78 is 31.3. The maximum Gasteiger partial charge on any atom is 0.335 e. The highest BCUT2D eigenvalue weighted by Gasteiger charge is 2.13. The summed E-state index contributed by atoms with van der Waals surface area (Å²) in [6.45, 7) is 0.140. The third-order valence-corrected chi connectivity index (χ3v) is 6.48. The van der Waals surface area contributed by atoms with Gasteiger partial charge >= 0.3 is 5.97 Å². The van der Waals surface area contributed by atoms with Crippen molar-refractivity contribution in [3.05, 3.63) is 107 Å². The maximum absolute atomic E-state index is 12.7. The van der Waals surface area contributed by atoms with Gasteiger partial charge < -0.3 is 15.5 Å². The van der Waals surface area contributed by atoms with E-state index in [-0.39, 0.29) is 28.7 Å². The molecule has 4 N–H and O–H groups in total. The Morgan fingerprint density at radius 3 is 2.03 bits per heavy atom. The number of hydrogen-bond donors (Lipinski definition) is 4. The lowest BCUT2D eigenvalue weighted by Crippen LogP contribution is -2.22. The van der Waals surface area contributed by atoms with Gasteiger partial charge in [-0.25, -0.2) is 4.79 Å². The number of aromatic hydroxyl groups is 1. The molecule has 0 unspecified atom stereocenters. The van der Waals surface area contributed by atoms with Crippen LogP contribution in [0.5, 0.6) is 5.75 Å². The second-order valence-corrected chi connectivity index (χ2v) is 9.41. The summed E-state index contributed by atoms with van der Waals surface area (Å²) in [4.78, 5) is 23.5. The first kappa shape index (κ1) is 23.9. The molecule has 4 rings (SSSR count). The molecule has 0 aliphatic rings. The molecular formula is C26H21NO7S. The number of carboxylic acids is 1. The van der Waals surface area contributed by atoms with Crippen LogP contribution in [0.1, 0.15) is 37.4 Å². The third-order valence-electron chi connectivity index (χ3n) is 5.61. The van der Waals surface area contributed by atoms with Gasteiger partial charge in [-0.15, -0.1) is 0 Å². The molecule has 0 spiro atoms. The molecule has 0 aromatic heterocycles. The molecule has 9 heteroatoms. The zero-order valence-corrected chi connectivity index (χ0v) is 19.1. The molecular weight excluding hydrogens is 470 g/mol. The van der Waals surface area contributed by atoms with Gasteiger partial charge in [-0.3, -0.25) is 9.35 Å². The molecule has 4 aromatic rings. The Balaban J connectivity index is 1.51. The monoisotopic (exact) mass is 491 g/mol. The Kier molecular flexibility index (Phi) is 6.54. The summed E-state index contributed by atoms with van der Waals surface area (Å²) >= 11 is 0. The first-order valence-electron chi connectivity index (χ1n) is 10.5. The number of aromatic carboxylic acids is 1. The van der Waals surface area contributed by atoms with Gasteiger partial charge in [0.25, 0.3) is 16.0 Å². The fraction of sp³-hybridized carbons (Fsp3) is 0.0769. The zero-order valence-electron chi connectivity index (χ0n) is 18.3. The highest BCUT2D eigenvalue weighted by Crippen LogP contribution is 2.31. The highest BCUT2D eigenvalue weighted by atomic mass is 32.2. The van der Waals surface area contributed by atoms with Gasteiger partial charge in [0.15, 0.2) is 0 Å². The Morgan fingerprint density at radius 2 is 1.40 bits per heavy atom. The second-order valence-electron chi connectivity index (χ2n) is 7.99. The molecule has 0 bridgehead atoms. The quantitative estimate of drug-likeness (QED) is 0.286. The number of nitrogens with one attached hydrogen (secondary N) is 1. The summed E-state index contributed by atoms with van der Waals surface area (Å²) in [5.41, 5.74) is 2.63. The van der Waals surface area contributed by atoms with Crippen molar-refractivity contribution in [3.63, 3.8) is 0 Å². The summed E-state index contributed by atoms with van der Waals surface area (Å²) in [7, 11) is -4.28. The van der Waals surface area contributed by atoms with E-state index < -0.39 is 16.1 Å². The minimum atomic E-state index is -4.28. The van der Waals surface area contributed by atoms with Gasteiger partial charge in [0, 0.05) is 23.9 Å². The predicted octanol–water partition coefficient (Wildman–Crippen LogP) is 4.01. The van der Waals surface area contributed by atoms with Crippen molar-refractivity contribution >= 4 is 32.8 Å². The molecule has 0 saturated carbocycles. The Hall–Kier alpha value is -4.21. The largest absolute Gasteiger partial charge is 0.507 e. The van der Waals surface area contributed by atoms with Crippen LogP contribution in [0.15, 0.2) is 83.8 Å². The lowest BCUT2D eigenvalue weighted by atomic mass is 9.98.